The van der Waals surface area contributed by atoms with Gasteiger partial charge in [-0.05, 0) is 143 Å². The van der Waals surface area contributed by atoms with Crippen molar-refractivity contribution in [1.29, 1.82) is 0 Å². The van der Waals surface area contributed by atoms with Gasteiger partial charge in [-0.15, -0.1) is 29.7 Å². The van der Waals surface area contributed by atoms with Crippen LogP contribution in [0.25, 0.3) is 83.4 Å². The number of nitrogens with zero attached hydrogens (tertiary/aromatic N) is 4. The van der Waals surface area contributed by atoms with Gasteiger partial charge >= 0.3 is 0 Å². The van der Waals surface area contributed by atoms with Crippen LogP contribution < -0.4 is 9.30 Å². The van der Waals surface area contributed by atoms with E-state index in [1.54, 1.807) is 0 Å². The summed E-state index contributed by atoms with van der Waals surface area (Å²) in [7, 11) is 0. The molecule has 12 rings (SSSR count). The average molecular weight is 1150 g/mol. The zero-order chi connectivity index (χ0) is 51.1. The molecule has 0 saturated heterocycles. The van der Waals surface area contributed by atoms with Crippen LogP contribution in [0.5, 0.6) is 11.5 Å². The van der Waals surface area contributed by atoms with Gasteiger partial charge in [0.1, 0.15) is 5.82 Å². The molecule has 74 heavy (non-hydrogen) atoms. The third kappa shape index (κ3) is 8.08. The van der Waals surface area contributed by atoms with Crippen LogP contribution >= 0.6 is 0 Å². The number of fused-ring (bicyclic) bond motifs is 11. The Balaban J connectivity index is 0.00000588. The number of hydrogen-bond acceptors (Lipinski definition) is 2. The molecule has 0 amide bonds. The molecular formula is C68H66N4OPt-2. The van der Waals surface area contributed by atoms with E-state index in [0.717, 1.165) is 62.9 Å². The average Bonchev–Trinajstić information content (AvgIpc) is 3.91. The molecule has 0 atom stereocenters. The van der Waals surface area contributed by atoms with E-state index < -0.39 is 0 Å². The van der Waals surface area contributed by atoms with Crippen molar-refractivity contribution in [3.63, 3.8) is 0 Å². The quantitative estimate of drug-likeness (QED) is 0.130. The Bertz CT molecular complexity index is 3900. The fourth-order valence-corrected chi connectivity index (χ4v) is 11.8. The molecule has 6 heteroatoms. The Kier molecular flexibility index (Phi) is 11.6. The van der Waals surface area contributed by atoms with E-state index in [4.69, 9.17) is 9.72 Å². The van der Waals surface area contributed by atoms with Gasteiger partial charge in [-0.1, -0.05) is 168 Å². The number of aromatic nitrogens is 4. The molecule has 7 aromatic carbocycles. The van der Waals surface area contributed by atoms with Gasteiger partial charge in [0.05, 0.1) is 16.7 Å². The van der Waals surface area contributed by atoms with Gasteiger partial charge in [0.15, 0.2) is 0 Å². The molecule has 2 aliphatic rings. The molecule has 0 unspecified atom stereocenters. The molecule has 4 heterocycles. The molecule has 376 valence electrons. The Morgan fingerprint density at radius 1 is 0.541 bits per heavy atom. The summed E-state index contributed by atoms with van der Waals surface area (Å²) < 4.78 is 13.6. The first-order valence-electron chi connectivity index (χ1n) is 26.2. The Labute approximate surface area is 452 Å². The van der Waals surface area contributed by atoms with Crippen molar-refractivity contribution >= 4 is 32.8 Å². The summed E-state index contributed by atoms with van der Waals surface area (Å²) >= 11 is 0. The number of para-hydroxylation sites is 2. The number of hydrogen-bond donors (Lipinski definition) is 0. The monoisotopic (exact) mass is 1150 g/mol. The van der Waals surface area contributed by atoms with Gasteiger partial charge in [-0.25, -0.2) is 4.98 Å². The molecule has 0 saturated carbocycles. The van der Waals surface area contributed by atoms with E-state index in [2.05, 4.69) is 243 Å². The normalized spacial score (nSPS) is 14.8. The standard InChI is InChI=1S/C68H66N4O.Pt/c1-64(2,3)42-30-33-69-61(36-42)72-58-27-17-16-24-49(58)50-29-28-46(38-59(50)72)73-45-21-18-20-44(37-45)70-41-71-62-51(25-19-26-55(62)66(7,8)9)53-40-57-56(67(10,11)31-32-68(57,12)13)39-52(53)47-22-14-15-23-48(47)54-34-43(65(4,5)6)35-60(70)63(54)71;/h14-30,33-36,39-40H,31-32H2,1-13H3;/q-2;. The van der Waals surface area contributed by atoms with Crippen LogP contribution in [0.1, 0.15) is 131 Å². The molecule has 0 radical (unpaired) electrons. The number of rotatable bonds is 4. The zero-order valence-corrected chi connectivity index (χ0v) is 47.5. The zero-order valence-electron chi connectivity index (χ0n) is 45.2. The maximum absolute atomic E-state index is 6.83. The van der Waals surface area contributed by atoms with Crippen LogP contribution in [-0.4, -0.2) is 14.1 Å². The maximum Gasteiger partial charge on any atom is 0.268 e. The van der Waals surface area contributed by atoms with Crippen molar-refractivity contribution in [2.24, 2.45) is 0 Å². The van der Waals surface area contributed by atoms with E-state index in [0.29, 0.717) is 11.5 Å². The van der Waals surface area contributed by atoms with Gasteiger partial charge in [0.2, 0.25) is 0 Å². The number of benzene rings is 7. The van der Waals surface area contributed by atoms with Gasteiger partial charge < -0.3 is 13.9 Å². The second-order valence-corrected chi connectivity index (χ2v) is 25.2. The van der Waals surface area contributed by atoms with Crippen LogP contribution in [0.15, 0.2) is 140 Å². The van der Waals surface area contributed by atoms with E-state index >= 15 is 0 Å². The smallest absolute Gasteiger partial charge is 0.268 e. The summed E-state index contributed by atoms with van der Waals surface area (Å²) in [4.78, 5) is 4.91. The number of ether oxygens (including phenoxy) is 1. The van der Waals surface area contributed by atoms with Crippen molar-refractivity contribution < 1.29 is 30.4 Å². The van der Waals surface area contributed by atoms with Gasteiger partial charge in [0, 0.05) is 44.3 Å². The minimum Gasteiger partial charge on any atom is -0.510 e. The third-order valence-electron chi connectivity index (χ3n) is 16.1. The SMILES string of the molecule is CC(C)(C)c1ccnc(-n2c3[c-]c(Oc4[c-]c(-n5[c-][n+]6c7c(cc(C(C)(C)C)cc75)-c5ccccc5-c5cc7c(cc5-c5cccc(C(C)(C)C)c5-6)C(C)(C)CCC7(C)C)ccc4)ccc3c3ccccc32)c1.[Pt]. The third-order valence-corrected chi connectivity index (χ3v) is 16.1. The van der Waals surface area contributed by atoms with Crippen molar-refractivity contribution in [3.8, 4) is 62.1 Å². The summed E-state index contributed by atoms with van der Waals surface area (Å²) in [6.45, 7) is 30.4. The molecular weight excluding hydrogens is 1080 g/mol. The van der Waals surface area contributed by atoms with E-state index in [1.807, 2.05) is 18.3 Å². The number of pyridine rings is 1. The second-order valence-electron chi connectivity index (χ2n) is 25.2. The molecule has 5 nitrogen and oxygen atoms in total. The van der Waals surface area contributed by atoms with Crippen molar-refractivity contribution in [1.82, 2.24) is 14.1 Å². The second kappa shape index (κ2) is 17.3. The first-order valence-corrected chi connectivity index (χ1v) is 26.2. The minimum absolute atomic E-state index is 0. The Morgan fingerprint density at radius 2 is 1.16 bits per heavy atom. The predicted octanol–water partition coefficient (Wildman–Crippen LogP) is 17.1. The first-order chi connectivity index (χ1) is 34.6. The molecule has 0 bridgehead atoms. The summed E-state index contributed by atoms with van der Waals surface area (Å²) in [5.74, 6) is 2.04. The van der Waals surface area contributed by atoms with Crippen molar-refractivity contribution in [2.75, 3.05) is 0 Å². The molecule has 0 N–H and O–H groups in total. The Hall–Kier alpha value is -6.55. The van der Waals surface area contributed by atoms with E-state index in [-0.39, 0.29) is 48.1 Å². The van der Waals surface area contributed by atoms with Crippen LogP contribution in [0.4, 0.5) is 0 Å². The van der Waals surface area contributed by atoms with Crippen molar-refractivity contribution in [2.45, 2.75) is 130 Å². The van der Waals surface area contributed by atoms with Gasteiger partial charge in [-0.3, -0.25) is 4.57 Å². The van der Waals surface area contributed by atoms with Crippen LogP contribution in [0, 0.1) is 18.5 Å². The summed E-state index contributed by atoms with van der Waals surface area (Å²) in [5, 5.41) is 2.23. The molecule has 3 aromatic heterocycles. The van der Waals surface area contributed by atoms with Crippen LogP contribution in [0.2, 0.25) is 0 Å². The predicted molar refractivity (Wildman–Crippen MR) is 301 cm³/mol. The topological polar surface area (TPSA) is 35.9 Å². The van der Waals surface area contributed by atoms with Crippen LogP contribution in [-0.2, 0) is 48.1 Å². The molecule has 10 aromatic rings. The molecule has 1 aliphatic carbocycles. The molecule has 0 spiro atoms. The van der Waals surface area contributed by atoms with E-state index in [9.17, 15) is 0 Å². The first kappa shape index (κ1) is 49.6. The summed E-state index contributed by atoms with van der Waals surface area (Å²) in [6.07, 6.45) is 8.25. The minimum atomic E-state index is -0.197. The fourth-order valence-electron chi connectivity index (χ4n) is 11.8. The van der Waals surface area contributed by atoms with Gasteiger partial charge in [-0.2, -0.15) is 18.2 Å². The van der Waals surface area contributed by atoms with E-state index in [1.165, 1.54) is 61.2 Å². The maximum atomic E-state index is 6.83. The van der Waals surface area contributed by atoms with Gasteiger partial charge in [0.25, 0.3) is 6.33 Å². The fraction of sp³-hybridized carbons (Fsp3) is 0.294. The summed E-state index contributed by atoms with van der Waals surface area (Å²) in [5.41, 5.74) is 19.8. The number of imidazole rings is 1. The molecule has 0 fully saturated rings. The van der Waals surface area contributed by atoms with Crippen molar-refractivity contribution in [3.05, 3.63) is 186 Å². The molecule has 1 aliphatic heterocycles. The largest absolute Gasteiger partial charge is 0.510 e. The summed E-state index contributed by atoms with van der Waals surface area (Å²) in [6, 6.07) is 56.6. The van der Waals surface area contributed by atoms with Crippen LogP contribution in [0.3, 0.4) is 0 Å². The Morgan fingerprint density at radius 3 is 1.85 bits per heavy atom.